The minimum Gasteiger partial charge on any atom is -0.495 e. The van der Waals surface area contributed by atoms with Gasteiger partial charge in [-0.25, -0.2) is 4.79 Å². The van der Waals surface area contributed by atoms with Crippen LogP contribution < -0.4 is 25.6 Å². The maximum Gasteiger partial charge on any atom is 0.326 e. The van der Waals surface area contributed by atoms with Crippen LogP contribution in [0.1, 0.15) is 51.8 Å². The number of amides is 4. The number of carboxylic acids is 1. The molecule has 1 unspecified atom stereocenters. The summed E-state index contributed by atoms with van der Waals surface area (Å²) in [7, 11) is 3.16. The van der Waals surface area contributed by atoms with Crippen LogP contribution in [0.15, 0.2) is 77.3 Å². The summed E-state index contributed by atoms with van der Waals surface area (Å²) in [6.45, 7) is 3.58. The van der Waals surface area contributed by atoms with Crippen molar-refractivity contribution in [3.63, 3.8) is 0 Å². The smallest absolute Gasteiger partial charge is 0.326 e. The zero-order chi connectivity index (χ0) is 32.5. The molecule has 0 saturated heterocycles. The third-order valence-electron chi connectivity index (χ3n) is 7.04. The van der Waals surface area contributed by atoms with Crippen LogP contribution in [0.2, 0.25) is 0 Å². The molecule has 0 spiro atoms. The molecule has 12 nitrogen and oxygen atoms in total. The molecule has 1 heterocycles. The van der Waals surface area contributed by atoms with Crippen molar-refractivity contribution < 1.29 is 33.5 Å². The van der Waals surface area contributed by atoms with Gasteiger partial charge in [-0.15, -0.1) is 0 Å². The maximum absolute atomic E-state index is 13.0. The van der Waals surface area contributed by atoms with E-state index in [1.54, 1.807) is 56.4 Å². The Labute approximate surface area is 260 Å². The molecule has 0 bridgehead atoms. The van der Waals surface area contributed by atoms with Crippen molar-refractivity contribution in [3.8, 4) is 5.75 Å². The monoisotopic (exact) mass is 613 g/mol. The molecule has 0 fully saturated rings. The first-order valence-corrected chi connectivity index (χ1v) is 14.2. The Morgan fingerprint density at radius 3 is 2.44 bits per heavy atom. The van der Waals surface area contributed by atoms with Gasteiger partial charge in [0.1, 0.15) is 11.5 Å². The third kappa shape index (κ3) is 8.69. The Morgan fingerprint density at radius 2 is 1.76 bits per heavy atom. The number of anilines is 3. The Morgan fingerprint density at radius 1 is 0.978 bits per heavy atom. The van der Waals surface area contributed by atoms with Crippen molar-refractivity contribution >= 4 is 40.9 Å². The normalized spacial score (nSPS) is 11.3. The highest BCUT2D eigenvalue weighted by Gasteiger charge is 2.20. The molecule has 0 aliphatic rings. The molecular weight excluding hydrogens is 578 g/mol. The largest absolute Gasteiger partial charge is 0.495 e. The molecule has 0 radical (unpaired) electrons. The molecule has 1 aromatic heterocycles. The van der Waals surface area contributed by atoms with Crippen LogP contribution in [-0.2, 0) is 16.0 Å². The SMILES string of the molecule is COc1cc(CC(=O)Nc2cccc(C(CCC(=O)O)NC(=O)c3cc(C)on3)c2)ccc1NC(=O)N(C)c1ccccc1C. The van der Waals surface area contributed by atoms with Crippen LogP contribution in [0.4, 0.5) is 21.9 Å². The number of aromatic nitrogens is 1. The highest BCUT2D eigenvalue weighted by molar-refractivity contribution is 6.02. The molecule has 12 heteroatoms. The minimum atomic E-state index is -1.00. The number of carboxylic acid groups (broad SMARTS) is 1. The zero-order valence-electron chi connectivity index (χ0n) is 25.4. The van der Waals surface area contributed by atoms with E-state index in [9.17, 15) is 24.3 Å². The van der Waals surface area contributed by atoms with E-state index in [2.05, 4.69) is 21.1 Å². The van der Waals surface area contributed by atoms with E-state index in [1.165, 1.54) is 18.1 Å². The number of aryl methyl sites for hydroxylation is 2. The summed E-state index contributed by atoms with van der Waals surface area (Å²) in [4.78, 5) is 51.4. The highest BCUT2D eigenvalue weighted by Crippen LogP contribution is 2.28. The number of para-hydroxylation sites is 1. The van der Waals surface area contributed by atoms with Crippen LogP contribution in [0, 0.1) is 13.8 Å². The molecule has 4 N–H and O–H groups in total. The lowest BCUT2D eigenvalue weighted by Gasteiger charge is -2.21. The van der Waals surface area contributed by atoms with Gasteiger partial charge < -0.3 is 30.3 Å². The summed E-state index contributed by atoms with van der Waals surface area (Å²) in [6.07, 6.45) is -0.0405. The summed E-state index contributed by atoms with van der Waals surface area (Å²) < 4.78 is 10.5. The molecule has 3 aromatic carbocycles. The van der Waals surface area contributed by atoms with Crippen molar-refractivity contribution in [1.29, 1.82) is 0 Å². The average molecular weight is 614 g/mol. The number of hydrogen-bond donors (Lipinski definition) is 4. The van der Waals surface area contributed by atoms with E-state index in [0.717, 1.165) is 11.3 Å². The number of rotatable bonds is 12. The summed E-state index contributed by atoms with van der Waals surface area (Å²) in [5, 5.41) is 21.5. The van der Waals surface area contributed by atoms with Gasteiger partial charge in [-0.3, -0.25) is 19.3 Å². The second-order valence-electron chi connectivity index (χ2n) is 10.4. The second-order valence-corrected chi connectivity index (χ2v) is 10.4. The number of carbonyl (C=O) groups excluding carboxylic acids is 3. The zero-order valence-corrected chi connectivity index (χ0v) is 25.4. The lowest BCUT2D eigenvalue weighted by atomic mass is 10.0. The number of ether oxygens (including phenoxy) is 1. The number of nitrogens with zero attached hydrogens (tertiary/aromatic N) is 2. The summed E-state index contributed by atoms with van der Waals surface area (Å²) in [5.74, 6) is -0.959. The molecule has 4 amide bonds. The predicted molar refractivity (Wildman–Crippen MR) is 169 cm³/mol. The van der Waals surface area contributed by atoms with E-state index in [1.807, 2.05) is 31.2 Å². The van der Waals surface area contributed by atoms with Crippen molar-refractivity contribution in [2.45, 2.75) is 39.2 Å². The quantitative estimate of drug-likeness (QED) is 0.163. The van der Waals surface area contributed by atoms with E-state index < -0.39 is 17.9 Å². The molecule has 4 aromatic rings. The van der Waals surface area contributed by atoms with Gasteiger partial charge in [0, 0.05) is 30.9 Å². The fraction of sp³-hybridized carbons (Fsp3) is 0.242. The van der Waals surface area contributed by atoms with Gasteiger partial charge in [0.15, 0.2) is 5.69 Å². The number of benzene rings is 3. The number of hydrogen-bond acceptors (Lipinski definition) is 7. The van der Waals surface area contributed by atoms with E-state index >= 15 is 0 Å². The van der Waals surface area contributed by atoms with Crippen molar-refractivity contribution in [2.24, 2.45) is 0 Å². The van der Waals surface area contributed by atoms with E-state index in [4.69, 9.17) is 9.26 Å². The first kappa shape index (κ1) is 32.3. The molecular formula is C33H35N5O7. The van der Waals surface area contributed by atoms with Gasteiger partial charge in [0.2, 0.25) is 5.91 Å². The van der Waals surface area contributed by atoms with Crippen LogP contribution >= 0.6 is 0 Å². The highest BCUT2D eigenvalue weighted by atomic mass is 16.5. The van der Waals surface area contributed by atoms with Crippen molar-refractivity contribution in [2.75, 3.05) is 29.7 Å². The molecule has 45 heavy (non-hydrogen) atoms. The number of carbonyl (C=O) groups is 4. The fourth-order valence-corrected chi connectivity index (χ4v) is 4.72. The fourth-order valence-electron chi connectivity index (χ4n) is 4.72. The Bertz CT molecular complexity index is 1700. The molecule has 234 valence electrons. The molecule has 4 rings (SSSR count). The van der Waals surface area contributed by atoms with Gasteiger partial charge in [0.25, 0.3) is 5.91 Å². The number of aliphatic carboxylic acids is 1. The topological polar surface area (TPSA) is 163 Å². The molecule has 0 aliphatic heterocycles. The number of nitrogens with one attached hydrogen (secondary N) is 3. The Kier molecular flexibility index (Phi) is 10.5. The van der Waals surface area contributed by atoms with E-state index in [0.29, 0.717) is 34.0 Å². The minimum absolute atomic E-state index is 0.0165. The number of methoxy groups -OCH3 is 1. The third-order valence-corrected chi connectivity index (χ3v) is 7.04. The maximum atomic E-state index is 13.0. The van der Waals surface area contributed by atoms with E-state index in [-0.39, 0.29) is 36.9 Å². The predicted octanol–water partition coefficient (Wildman–Crippen LogP) is 5.49. The van der Waals surface area contributed by atoms with Gasteiger partial charge in [0.05, 0.1) is 25.3 Å². The molecule has 0 aliphatic carbocycles. The first-order chi connectivity index (χ1) is 21.5. The summed E-state index contributed by atoms with van der Waals surface area (Å²) in [5.41, 5.74) is 3.99. The van der Waals surface area contributed by atoms with Crippen LogP contribution in [0.5, 0.6) is 5.75 Å². The standard InChI is InChI=1S/C33H35N5O7/c1-20-8-5-6-11-28(20)38(3)33(43)36-26-13-12-22(17-29(26)44-4)18-30(39)34-24-10-7-9-23(19-24)25(14-15-31(40)41)35-32(42)27-16-21(2)45-37-27/h5-13,16-17,19,25H,14-15,18H2,1-4H3,(H,34,39)(H,35,42)(H,36,43)(H,40,41). The molecule has 0 saturated carbocycles. The summed E-state index contributed by atoms with van der Waals surface area (Å²) in [6, 6.07) is 19.9. The van der Waals surface area contributed by atoms with Gasteiger partial charge in [-0.2, -0.15) is 0 Å². The van der Waals surface area contributed by atoms with Gasteiger partial charge in [-0.1, -0.05) is 41.6 Å². The van der Waals surface area contributed by atoms with Crippen molar-refractivity contribution in [1.82, 2.24) is 10.5 Å². The number of urea groups is 1. The van der Waals surface area contributed by atoms with Crippen LogP contribution in [0.25, 0.3) is 0 Å². The Hall–Kier alpha value is -5.65. The summed E-state index contributed by atoms with van der Waals surface area (Å²) >= 11 is 0. The van der Waals surface area contributed by atoms with Gasteiger partial charge >= 0.3 is 12.0 Å². The second kappa shape index (κ2) is 14.7. The van der Waals surface area contributed by atoms with Gasteiger partial charge in [-0.05, 0) is 67.3 Å². The lowest BCUT2D eigenvalue weighted by molar-refractivity contribution is -0.137. The lowest BCUT2D eigenvalue weighted by Crippen LogP contribution is -2.31. The Balaban J connectivity index is 1.42. The van der Waals surface area contributed by atoms with Crippen LogP contribution in [-0.4, -0.2) is 48.2 Å². The average Bonchev–Trinajstić information content (AvgIpc) is 3.46. The molecule has 1 atom stereocenters. The van der Waals surface area contributed by atoms with Crippen LogP contribution in [0.3, 0.4) is 0 Å². The first-order valence-electron chi connectivity index (χ1n) is 14.2. The van der Waals surface area contributed by atoms with Crippen molar-refractivity contribution in [3.05, 3.63) is 101 Å².